The molecule has 0 spiro atoms. The molecule has 0 atom stereocenters. The highest BCUT2D eigenvalue weighted by molar-refractivity contribution is 5.69. The Hall–Kier alpha value is -1.75. The molecule has 5 nitrogen and oxygen atoms in total. The lowest BCUT2D eigenvalue weighted by Crippen LogP contribution is -2.42. The van der Waals surface area contributed by atoms with Gasteiger partial charge in [-0.25, -0.2) is 4.79 Å². The van der Waals surface area contributed by atoms with E-state index in [1.165, 1.54) is 16.8 Å². The van der Waals surface area contributed by atoms with E-state index in [0.29, 0.717) is 19.1 Å². The maximum Gasteiger partial charge on any atom is 0.410 e. The van der Waals surface area contributed by atoms with Crippen LogP contribution >= 0.6 is 0 Å². The number of nitrogens with zero attached hydrogens (tertiary/aromatic N) is 1. The number of nitrogens with one attached hydrogen (secondary N) is 1. The van der Waals surface area contributed by atoms with Crippen LogP contribution in [-0.2, 0) is 22.4 Å². The van der Waals surface area contributed by atoms with Crippen molar-refractivity contribution in [3.05, 3.63) is 29.3 Å². The third kappa shape index (κ3) is 3.35. The van der Waals surface area contributed by atoms with Gasteiger partial charge in [0.1, 0.15) is 5.60 Å². The van der Waals surface area contributed by atoms with Crippen LogP contribution < -0.4 is 5.32 Å². The van der Waals surface area contributed by atoms with Crippen LogP contribution in [0.25, 0.3) is 0 Å². The molecule has 1 fully saturated rings. The van der Waals surface area contributed by atoms with E-state index in [4.69, 9.17) is 9.47 Å². The minimum Gasteiger partial charge on any atom is -0.444 e. The Bertz CT molecular complexity index is 562. The number of rotatable bonds is 2. The smallest absolute Gasteiger partial charge is 0.410 e. The molecule has 1 aromatic carbocycles. The summed E-state index contributed by atoms with van der Waals surface area (Å²) in [5.74, 6) is 0. The fourth-order valence-electron chi connectivity index (χ4n) is 2.77. The third-order valence-electron chi connectivity index (χ3n) is 3.92. The second kappa shape index (κ2) is 5.80. The van der Waals surface area contributed by atoms with Crippen molar-refractivity contribution in [3.8, 4) is 0 Å². The molecule has 3 rings (SSSR count). The summed E-state index contributed by atoms with van der Waals surface area (Å²) < 4.78 is 10.7. The van der Waals surface area contributed by atoms with Gasteiger partial charge in [0, 0.05) is 18.8 Å². The van der Waals surface area contributed by atoms with Crippen LogP contribution in [0.4, 0.5) is 10.5 Å². The van der Waals surface area contributed by atoms with Gasteiger partial charge in [0.2, 0.25) is 0 Å². The van der Waals surface area contributed by atoms with Crippen LogP contribution in [0, 0.1) is 0 Å². The van der Waals surface area contributed by atoms with E-state index in [-0.39, 0.29) is 6.09 Å². The van der Waals surface area contributed by atoms with E-state index in [1.54, 1.807) is 4.90 Å². The van der Waals surface area contributed by atoms with Crippen molar-refractivity contribution >= 4 is 11.8 Å². The molecule has 1 N–H and O–H groups in total. The molecule has 5 heteroatoms. The summed E-state index contributed by atoms with van der Waals surface area (Å²) in [4.78, 5) is 14.0. The van der Waals surface area contributed by atoms with Crippen molar-refractivity contribution in [3.63, 3.8) is 0 Å². The molecule has 1 saturated heterocycles. The Kier molecular flexibility index (Phi) is 4.00. The Morgan fingerprint density at radius 2 is 2.14 bits per heavy atom. The van der Waals surface area contributed by atoms with Crippen molar-refractivity contribution in [2.24, 2.45) is 0 Å². The monoisotopic (exact) mass is 304 g/mol. The molecule has 0 radical (unpaired) electrons. The summed E-state index contributed by atoms with van der Waals surface area (Å²) in [5.41, 5.74) is 3.23. The molecule has 0 saturated carbocycles. The van der Waals surface area contributed by atoms with Gasteiger partial charge in [0.05, 0.1) is 19.3 Å². The van der Waals surface area contributed by atoms with E-state index in [1.807, 2.05) is 26.8 Å². The zero-order valence-electron chi connectivity index (χ0n) is 13.5. The average molecular weight is 304 g/mol. The fourth-order valence-corrected chi connectivity index (χ4v) is 2.77. The van der Waals surface area contributed by atoms with E-state index in [2.05, 4.69) is 17.4 Å². The lowest BCUT2D eigenvalue weighted by molar-refractivity contribution is 0.0208. The summed E-state index contributed by atoms with van der Waals surface area (Å²) in [5, 5.41) is 3.53. The first-order chi connectivity index (χ1) is 10.4. The first-order valence-corrected chi connectivity index (χ1v) is 7.85. The summed E-state index contributed by atoms with van der Waals surface area (Å²) in [6.07, 6.45) is 0.620. The van der Waals surface area contributed by atoms with E-state index in [9.17, 15) is 4.79 Å². The highest BCUT2D eigenvalue weighted by atomic mass is 16.6. The van der Waals surface area contributed by atoms with Crippen molar-refractivity contribution in [1.29, 1.82) is 0 Å². The molecule has 2 aliphatic rings. The number of fused-ring (bicyclic) bond motifs is 1. The van der Waals surface area contributed by atoms with E-state index >= 15 is 0 Å². The molecule has 1 aromatic rings. The van der Waals surface area contributed by atoms with Crippen molar-refractivity contribution in [2.75, 3.05) is 25.1 Å². The molecular formula is C17H24N2O3. The van der Waals surface area contributed by atoms with Crippen LogP contribution in [0.2, 0.25) is 0 Å². The van der Waals surface area contributed by atoms with Crippen molar-refractivity contribution < 1.29 is 14.3 Å². The number of carbonyl (C=O) groups is 1. The molecule has 0 bridgehead atoms. The van der Waals surface area contributed by atoms with Gasteiger partial charge in [0.15, 0.2) is 0 Å². The average Bonchev–Trinajstić information content (AvgIpc) is 2.40. The number of carbonyl (C=O) groups excluding carboxylic acids is 1. The molecular weight excluding hydrogens is 280 g/mol. The first-order valence-electron chi connectivity index (χ1n) is 7.85. The van der Waals surface area contributed by atoms with Gasteiger partial charge in [-0.15, -0.1) is 0 Å². The molecule has 0 aliphatic carbocycles. The highest BCUT2D eigenvalue weighted by Gasteiger charge is 2.27. The lowest BCUT2D eigenvalue weighted by atomic mass is 9.97. The second-order valence-corrected chi connectivity index (χ2v) is 6.97. The summed E-state index contributed by atoms with van der Waals surface area (Å²) >= 11 is 0. The molecule has 2 aliphatic heterocycles. The van der Waals surface area contributed by atoms with Crippen LogP contribution in [0.5, 0.6) is 0 Å². The Balaban J connectivity index is 1.70. The first kappa shape index (κ1) is 15.2. The lowest BCUT2D eigenvalue weighted by Gasteiger charge is -2.34. The molecule has 1 amide bonds. The SMILES string of the molecule is CC(C)(C)OC(=O)N1CCc2c(cccc2NC2COC2)C1. The van der Waals surface area contributed by atoms with Gasteiger partial charge >= 0.3 is 6.09 Å². The topological polar surface area (TPSA) is 50.8 Å². The Morgan fingerprint density at radius 3 is 2.77 bits per heavy atom. The highest BCUT2D eigenvalue weighted by Crippen LogP contribution is 2.28. The van der Waals surface area contributed by atoms with Crippen LogP contribution in [0.1, 0.15) is 31.9 Å². The summed E-state index contributed by atoms with van der Waals surface area (Å²) in [7, 11) is 0. The van der Waals surface area contributed by atoms with Gasteiger partial charge in [-0.1, -0.05) is 12.1 Å². The van der Waals surface area contributed by atoms with Crippen molar-refractivity contribution in [1.82, 2.24) is 4.90 Å². The normalized spacial score (nSPS) is 18.4. The van der Waals surface area contributed by atoms with Crippen LogP contribution in [0.15, 0.2) is 18.2 Å². The molecule has 2 heterocycles. The number of amides is 1. The van der Waals surface area contributed by atoms with Gasteiger partial charge in [0.25, 0.3) is 0 Å². The van der Waals surface area contributed by atoms with Crippen LogP contribution in [0.3, 0.4) is 0 Å². The zero-order chi connectivity index (χ0) is 15.7. The maximum atomic E-state index is 12.2. The van der Waals surface area contributed by atoms with Crippen molar-refractivity contribution in [2.45, 2.75) is 45.4 Å². The number of hydrogen-bond donors (Lipinski definition) is 1. The van der Waals surface area contributed by atoms with Gasteiger partial charge in [-0.3, -0.25) is 0 Å². The summed E-state index contributed by atoms with van der Waals surface area (Å²) in [6, 6.07) is 6.66. The molecule has 120 valence electrons. The third-order valence-corrected chi connectivity index (χ3v) is 3.92. The molecule has 0 aromatic heterocycles. The van der Waals surface area contributed by atoms with Gasteiger partial charge in [-0.05, 0) is 44.4 Å². The van der Waals surface area contributed by atoms with E-state index in [0.717, 1.165) is 19.6 Å². The quantitative estimate of drug-likeness (QED) is 0.913. The predicted octanol–water partition coefficient (Wildman–Crippen LogP) is 2.79. The summed E-state index contributed by atoms with van der Waals surface area (Å²) in [6.45, 7) is 8.53. The molecule has 0 unspecified atom stereocenters. The predicted molar refractivity (Wildman–Crippen MR) is 85.0 cm³/mol. The number of ether oxygens (including phenoxy) is 2. The minimum absolute atomic E-state index is 0.232. The van der Waals surface area contributed by atoms with E-state index < -0.39 is 5.60 Å². The number of hydrogen-bond acceptors (Lipinski definition) is 4. The van der Waals surface area contributed by atoms with Gasteiger partial charge < -0.3 is 19.7 Å². The second-order valence-electron chi connectivity index (χ2n) is 6.97. The fraction of sp³-hybridized carbons (Fsp3) is 0.588. The minimum atomic E-state index is -0.453. The Morgan fingerprint density at radius 1 is 1.36 bits per heavy atom. The molecule has 22 heavy (non-hydrogen) atoms. The number of anilines is 1. The Labute approximate surface area is 131 Å². The zero-order valence-corrected chi connectivity index (χ0v) is 13.5. The maximum absolute atomic E-state index is 12.2. The number of benzene rings is 1. The standard InChI is InChI=1S/C17H24N2O3/c1-17(2,3)22-16(20)19-8-7-14-12(9-19)5-4-6-15(14)18-13-10-21-11-13/h4-6,13,18H,7-11H2,1-3H3. The van der Waals surface area contributed by atoms with Crippen LogP contribution in [-0.4, -0.2) is 42.4 Å². The largest absolute Gasteiger partial charge is 0.444 e. The van der Waals surface area contributed by atoms with Gasteiger partial charge in [-0.2, -0.15) is 0 Å².